The van der Waals surface area contributed by atoms with Crippen LogP contribution in [0.5, 0.6) is 0 Å². The van der Waals surface area contributed by atoms with Gasteiger partial charge in [-0.15, -0.1) is 0 Å². The first-order chi connectivity index (χ1) is 8.79. The van der Waals surface area contributed by atoms with Gasteiger partial charge in [0.2, 0.25) is 0 Å². The van der Waals surface area contributed by atoms with Crippen molar-refractivity contribution in [1.29, 1.82) is 0 Å². The van der Waals surface area contributed by atoms with Crippen LogP contribution in [-0.2, 0) is 6.42 Å². The summed E-state index contributed by atoms with van der Waals surface area (Å²) in [5.41, 5.74) is 1.48. The minimum absolute atomic E-state index is 0.845. The molecule has 0 spiro atoms. The second kappa shape index (κ2) is 6.58. The van der Waals surface area contributed by atoms with Crippen molar-refractivity contribution in [2.75, 3.05) is 19.6 Å². The molecule has 1 aromatic carbocycles. The first-order valence-electron chi connectivity index (χ1n) is 7.09. The summed E-state index contributed by atoms with van der Waals surface area (Å²) in [6.45, 7) is 7.49. The predicted molar refractivity (Wildman–Crippen MR) is 78.1 cm³/mol. The molecule has 1 heterocycles. The SMILES string of the molecule is CCN=C(C)N1CCC(Cc2ccccc2)CC1. The standard InChI is InChI=1S/C16H24N2/c1-3-17-14(2)18-11-9-16(10-12-18)13-15-7-5-4-6-8-15/h4-8,16H,3,9-13H2,1-2H3. The van der Waals surface area contributed by atoms with Crippen LogP contribution in [0.2, 0.25) is 0 Å². The molecule has 2 nitrogen and oxygen atoms in total. The zero-order valence-electron chi connectivity index (χ0n) is 11.6. The van der Waals surface area contributed by atoms with E-state index in [2.05, 4.69) is 54.1 Å². The molecule has 0 radical (unpaired) electrons. The van der Waals surface area contributed by atoms with Crippen molar-refractivity contribution in [2.24, 2.45) is 10.9 Å². The molecule has 1 saturated heterocycles. The molecule has 0 unspecified atom stereocenters. The number of rotatable bonds is 3. The number of aliphatic imine (C=N–C) groups is 1. The van der Waals surface area contributed by atoms with Gasteiger partial charge in [-0.25, -0.2) is 0 Å². The minimum Gasteiger partial charge on any atom is -0.361 e. The Kier molecular flexibility index (Phi) is 4.80. The van der Waals surface area contributed by atoms with Crippen LogP contribution in [0.15, 0.2) is 35.3 Å². The summed E-state index contributed by atoms with van der Waals surface area (Å²) in [6.07, 6.45) is 3.83. The zero-order chi connectivity index (χ0) is 12.8. The molecule has 1 aliphatic heterocycles. The van der Waals surface area contributed by atoms with E-state index in [0.717, 1.165) is 12.5 Å². The third kappa shape index (κ3) is 3.59. The Morgan fingerprint density at radius 3 is 2.50 bits per heavy atom. The number of amidine groups is 1. The quantitative estimate of drug-likeness (QED) is 0.588. The van der Waals surface area contributed by atoms with Crippen LogP contribution < -0.4 is 0 Å². The monoisotopic (exact) mass is 244 g/mol. The Morgan fingerprint density at radius 1 is 1.22 bits per heavy atom. The topological polar surface area (TPSA) is 15.6 Å². The van der Waals surface area contributed by atoms with E-state index in [1.54, 1.807) is 0 Å². The van der Waals surface area contributed by atoms with Crippen LogP contribution >= 0.6 is 0 Å². The Hall–Kier alpha value is -1.31. The van der Waals surface area contributed by atoms with Gasteiger partial charge in [0.15, 0.2) is 0 Å². The molecule has 0 aromatic heterocycles. The van der Waals surface area contributed by atoms with Crippen LogP contribution in [0.4, 0.5) is 0 Å². The number of hydrogen-bond acceptors (Lipinski definition) is 1. The molecule has 0 aliphatic carbocycles. The average Bonchev–Trinajstić information content (AvgIpc) is 2.41. The van der Waals surface area contributed by atoms with Crippen LogP contribution in [-0.4, -0.2) is 30.4 Å². The van der Waals surface area contributed by atoms with Gasteiger partial charge in [0, 0.05) is 19.6 Å². The average molecular weight is 244 g/mol. The highest BCUT2D eigenvalue weighted by Gasteiger charge is 2.19. The lowest BCUT2D eigenvalue weighted by Crippen LogP contribution is -2.37. The molecule has 0 saturated carbocycles. The van der Waals surface area contributed by atoms with Crippen molar-refractivity contribution in [3.8, 4) is 0 Å². The molecule has 1 fully saturated rings. The summed E-state index contributed by atoms with van der Waals surface area (Å²) < 4.78 is 0. The van der Waals surface area contributed by atoms with Crippen molar-refractivity contribution >= 4 is 5.84 Å². The normalized spacial score (nSPS) is 18.1. The molecule has 0 amide bonds. The fraction of sp³-hybridized carbons (Fsp3) is 0.562. The minimum atomic E-state index is 0.845. The van der Waals surface area contributed by atoms with E-state index in [-0.39, 0.29) is 0 Å². The van der Waals surface area contributed by atoms with Crippen molar-refractivity contribution in [3.05, 3.63) is 35.9 Å². The predicted octanol–water partition coefficient (Wildman–Crippen LogP) is 3.38. The van der Waals surface area contributed by atoms with Crippen molar-refractivity contribution in [2.45, 2.75) is 33.1 Å². The largest absolute Gasteiger partial charge is 0.361 e. The molecule has 18 heavy (non-hydrogen) atoms. The maximum absolute atomic E-state index is 4.50. The fourth-order valence-corrected chi connectivity index (χ4v) is 2.74. The molecule has 98 valence electrons. The highest BCUT2D eigenvalue weighted by molar-refractivity contribution is 5.79. The second-order valence-corrected chi connectivity index (χ2v) is 5.14. The van der Waals surface area contributed by atoms with E-state index >= 15 is 0 Å². The Morgan fingerprint density at radius 2 is 1.89 bits per heavy atom. The van der Waals surface area contributed by atoms with Gasteiger partial charge in [0.25, 0.3) is 0 Å². The van der Waals surface area contributed by atoms with Crippen molar-refractivity contribution < 1.29 is 0 Å². The number of piperidine rings is 1. The first kappa shape index (κ1) is 13.1. The highest BCUT2D eigenvalue weighted by atomic mass is 15.2. The number of nitrogens with zero attached hydrogens (tertiary/aromatic N) is 2. The molecule has 0 N–H and O–H groups in total. The Bertz CT molecular complexity index is 375. The van der Waals surface area contributed by atoms with Crippen molar-refractivity contribution in [3.63, 3.8) is 0 Å². The summed E-state index contributed by atoms with van der Waals surface area (Å²) in [7, 11) is 0. The first-order valence-corrected chi connectivity index (χ1v) is 7.09. The molecular formula is C16H24N2. The van der Waals surface area contributed by atoms with Gasteiger partial charge in [0.1, 0.15) is 0 Å². The van der Waals surface area contributed by atoms with Crippen LogP contribution in [0.1, 0.15) is 32.3 Å². The third-order valence-electron chi connectivity index (χ3n) is 3.83. The Labute approximate surface area is 111 Å². The molecule has 2 rings (SSSR count). The summed E-state index contributed by atoms with van der Waals surface area (Å²) in [4.78, 5) is 6.94. The van der Waals surface area contributed by atoms with Gasteiger partial charge in [0.05, 0.1) is 5.84 Å². The van der Waals surface area contributed by atoms with Gasteiger partial charge >= 0.3 is 0 Å². The van der Waals surface area contributed by atoms with Gasteiger partial charge < -0.3 is 4.90 Å². The molecule has 2 heteroatoms. The fourth-order valence-electron chi connectivity index (χ4n) is 2.74. The molecule has 0 atom stereocenters. The van der Waals surface area contributed by atoms with E-state index in [4.69, 9.17) is 0 Å². The molecule has 0 bridgehead atoms. The van der Waals surface area contributed by atoms with Gasteiger partial charge in [-0.3, -0.25) is 4.99 Å². The lowest BCUT2D eigenvalue weighted by Gasteiger charge is -2.33. The van der Waals surface area contributed by atoms with E-state index < -0.39 is 0 Å². The summed E-state index contributed by atoms with van der Waals surface area (Å²) in [5, 5.41) is 0. The summed E-state index contributed by atoms with van der Waals surface area (Å²) >= 11 is 0. The van der Waals surface area contributed by atoms with Crippen LogP contribution in [0, 0.1) is 5.92 Å². The Balaban J connectivity index is 1.82. The van der Waals surface area contributed by atoms with Crippen molar-refractivity contribution in [1.82, 2.24) is 4.90 Å². The lowest BCUT2D eigenvalue weighted by atomic mass is 9.90. The third-order valence-corrected chi connectivity index (χ3v) is 3.83. The molecule has 1 aromatic rings. The summed E-state index contributed by atoms with van der Waals surface area (Å²) in [6, 6.07) is 10.9. The van der Waals surface area contributed by atoms with E-state index in [9.17, 15) is 0 Å². The maximum atomic E-state index is 4.50. The maximum Gasteiger partial charge on any atom is 0.0957 e. The summed E-state index contributed by atoms with van der Waals surface area (Å²) in [5.74, 6) is 2.06. The van der Waals surface area contributed by atoms with E-state index in [0.29, 0.717) is 0 Å². The second-order valence-electron chi connectivity index (χ2n) is 5.14. The molecule has 1 aliphatic rings. The smallest absolute Gasteiger partial charge is 0.0957 e. The van der Waals surface area contributed by atoms with Crippen LogP contribution in [0.25, 0.3) is 0 Å². The number of likely N-dealkylation sites (tertiary alicyclic amines) is 1. The molecular weight excluding hydrogens is 220 g/mol. The van der Waals surface area contributed by atoms with Gasteiger partial charge in [-0.1, -0.05) is 30.3 Å². The number of hydrogen-bond donors (Lipinski definition) is 0. The number of benzene rings is 1. The highest BCUT2D eigenvalue weighted by Crippen LogP contribution is 2.21. The van der Waals surface area contributed by atoms with E-state index in [1.165, 1.54) is 43.8 Å². The van der Waals surface area contributed by atoms with Gasteiger partial charge in [-0.05, 0) is 44.6 Å². The lowest BCUT2D eigenvalue weighted by molar-refractivity contribution is 0.264. The zero-order valence-corrected chi connectivity index (χ0v) is 11.6. The van der Waals surface area contributed by atoms with Crippen LogP contribution in [0.3, 0.4) is 0 Å². The van der Waals surface area contributed by atoms with Gasteiger partial charge in [-0.2, -0.15) is 0 Å². The van der Waals surface area contributed by atoms with E-state index in [1.807, 2.05) is 0 Å².